The Morgan fingerprint density at radius 3 is 2.66 bits per heavy atom. The minimum absolute atomic E-state index is 0.0401. The molecule has 5 nitrogen and oxygen atoms in total. The normalized spacial score (nSPS) is 11.5. The molecule has 0 radical (unpaired) electrons. The van der Waals surface area contributed by atoms with Crippen LogP contribution in [0.15, 0.2) is 76.5 Å². The second-order valence-corrected chi connectivity index (χ2v) is 9.51. The number of amides is 1. The lowest BCUT2D eigenvalue weighted by atomic mass is 10.1. The van der Waals surface area contributed by atoms with Crippen molar-refractivity contribution in [2.75, 3.05) is 11.1 Å². The maximum atomic E-state index is 13.4. The van der Waals surface area contributed by atoms with Crippen LogP contribution in [0, 0.1) is 6.92 Å². The standard InChI is InChI=1S/C25H20F3N3O2S2/c1-3-11-31-23(33)21-19(16-9-7-15(2)8-10-16)13-34-22(21)30-24(31)35-14-20(32)29-18-6-4-5-17(12-18)25(26,27)28/h3-10,12-13H,1,11,14H2,2H3,(H,29,32). The van der Waals surface area contributed by atoms with Crippen LogP contribution in [0.2, 0.25) is 0 Å². The molecule has 1 amide bonds. The first-order valence-electron chi connectivity index (χ1n) is 10.5. The van der Waals surface area contributed by atoms with Crippen LogP contribution in [0.1, 0.15) is 11.1 Å². The topological polar surface area (TPSA) is 64.0 Å². The predicted octanol–water partition coefficient (Wildman–Crippen LogP) is 6.37. The largest absolute Gasteiger partial charge is 0.416 e. The molecule has 35 heavy (non-hydrogen) atoms. The summed E-state index contributed by atoms with van der Waals surface area (Å²) in [5.74, 6) is -0.651. The van der Waals surface area contributed by atoms with E-state index >= 15 is 0 Å². The number of rotatable bonds is 7. The average Bonchev–Trinajstić information content (AvgIpc) is 3.24. The van der Waals surface area contributed by atoms with Gasteiger partial charge in [0.05, 0.1) is 16.7 Å². The molecule has 2 heterocycles. The number of aromatic nitrogens is 2. The fourth-order valence-corrected chi connectivity index (χ4v) is 5.25. The fraction of sp³-hybridized carbons (Fsp3) is 0.160. The van der Waals surface area contributed by atoms with Gasteiger partial charge in [-0.1, -0.05) is 53.7 Å². The number of alkyl halides is 3. The summed E-state index contributed by atoms with van der Waals surface area (Å²) in [6, 6.07) is 12.3. The zero-order valence-corrected chi connectivity index (χ0v) is 20.2. The number of anilines is 1. The molecule has 0 atom stereocenters. The molecule has 0 fully saturated rings. The first-order chi connectivity index (χ1) is 16.7. The Hall–Kier alpha value is -3.37. The van der Waals surface area contributed by atoms with Crippen molar-refractivity contribution >= 4 is 44.9 Å². The Labute approximate surface area is 207 Å². The monoisotopic (exact) mass is 515 g/mol. The number of thioether (sulfide) groups is 1. The third kappa shape index (κ3) is 5.49. The van der Waals surface area contributed by atoms with Crippen LogP contribution < -0.4 is 10.9 Å². The molecule has 2 aromatic carbocycles. The molecule has 2 aromatic heterocycles. The number of carbonyl (C=O) groups is 1. The van der Waals surface area contributed by atoms with Crippen molar-refractivity contribution in [1.29, 1.82) is 0 Å². The highest BCUT2D eigenvalue weighted by molar-refractivity contribution is 7.99. The van der Waals surface area contributed by atoms with Crippen LogP contribution >= 0.6 is 23.1 Å². The molecule has 10 heteroatoms. The van der Waals surface area contributed by atoms with Gasteiger partial charge in [0, 0.05) is 23.2 Å². The van der Waals surface area contributed by atoms with Crippen molar-refractivity contribution in [3.63, 3.8) is 0 Å². The van der Waals surface area contributed by atoms with E-state index in [-0.39, 0.29) is 23.5 Å². The third-order valence-electron chi connectivity index (χ3n) is 5.14. The van der Waals surface area contributed by atoms with Gasteiger partial charge in [-0.15, -0.1) is 17.9 Å². The lowest BCUT2D eigenvalue weighted by Gasteiger charge is -2.12. The second-order valence-electron chi connectivity index (χ2n) is 7.71. The minimum Gasteiger partial charge on any atom is -0.325 e. The Morgan fingerprint density at radius 2 is 1.97 bits per heavy atom. The van der Waals surface area contributed by atoms with Gasteiger partial charge in [-0.25, -0.2) is 4.98 Å². The number of fused-ring (bicyclic) bond motifs is 1. The molecule has 4 rings (SSSR count). The Bertz CT molecular complexity index is 1460. The van der Waals surface area contributed by atoms with Gasteiger partial charge in [-0.2, -0.15) is 13.2 Å². The van der Waals surface area contributed by atoms with Crippen molar-refractivity contribution in [3.05, 3.63) is 88.0 Å². The summed E-state index contributed by atoms with van der Waals surface area (Å²) in [4.78, 5) is 31.0. The van der Waals surface area contributed by atoms with E-state index in [0.29, 0.717) is 15.4 Å². The molecular weight excluding hydrogens is 495 g/mol. The predicted molar refractivity (Wildman–Crippen MR) is 135 cm³/mol. The van der Waals surface area contributed by atoms with Crippen LogP contribution in [-0.2, 0) is 17.5 Å². The van der Waals surface area contributed by atoms with E-state index in [1.54, 1.807) is 6.08 Å². The molecule has 180 valence electrons. The number of allylic oxidation sites excluding steroid dienone is 1. The van der Waals surface area contributed by atoms with Crippen LogP contribution in [-0.4, -0.2) is 21.2 Å². The Balaban J connectivity index is 1.59. The SMILES string of the molecule is C=CCn1c(SCC(=O)Nc2cccc(C(F)(F)F)c2)nc2scc(-c3ccc(C)cc3)c2c1=O. The van der Waals surface area contributed by atoms with Gasteiger partial charge < -0.3 is 5.32 Å². The molecular formula is C25H20F3N3O2S2. The molecule has 0 aliphatic rings. The molecule has 0 bridgehead atoms. The molecule has 1 N–H and O–H groups in total. The minimum atomic E-state index is -4.51. The lowest BCUT2D eigenvalue weighted by Crippen LogP contribution is -2.23. The van der Waals surface area contributed by atoms with Crippen molar-refractivity contribution in [2.45, 2.75) is 24.8 Å². The summed E-state index contributed by atoms with van der Waals surface area (Å²) in [6.45, 7) is 5.89. The summed E-state index contributed by atoms with van der Waals surface area (Å²) in [5.41, 5.74) is 1.76. The van der Waals surface area contributed by atoms with Gasteiger partial charge in [0.1, 0.15) is 4.83 Å². The van der Waals surface area contributed by atoms with Gasteiger partial charge >= 0.3 is 6.18 Å². The Kier molecular flexibility index (Phi) is 7.13. The summed E-state index contributed by atoms with van der Waals surface area (Å²) in [5, 5.41) is 5.18. The quantitative estimate of drug-likeness (QED) is 0.177. The summed E-state index contributed by atoms with van der Waals surface area (Å²) in [6.07, 6.45) is -2.94. The first-order valence-corrected chi connectivity index (χ1v) is 12.3. The van der Waals surface area contributed by atoms with Crippen molar-refractivity contribution in [2.24, 2.45) is 0 Å². The summed E-state index contributed by atoms with van der Waals surface area (Å²) >= 11 is 2.37. The molecule has 0 spiro atoms. The number of nitrogens with one attached hydrogen (secondary N) is 1. The number of nitrogens with zero attached hydrogens (tertiary/aromatic N) is 2. The van der Waals surface area contributed by atoms with Gasteiger partial charge in [0.2, 0.25) is 5.91 Å². The molecule has 0 unspecified atom stereocenters. The summed E-state index contributed by atoms with van der Waals surface area (Å²) < 4.78 is 40.2. The van der Waals surface area contributed by atoms with Gasteiger partial charge in [0.15, 0.2) is 5.16 Å². The van der Waals surface area contributed by atoms with E-state index in [4.69, 9.17) is 0 Å². The molecule has 0 aliphatic heterocycles. The maximum Gasteiger partial charge on any atom is 0.416 e. The highest BCUT2D eigenvalue weighted by atomic mass is 32.2. The number of carbonyl (C=O) groups excluding carboxylic acids is 1. The van der Waals surface area contributed by atoms with E-state index in [1.807, 2.05) is 36.6 Å². The highest BCUT2D eigenvalue weighted by Crippen LogP contribution is 2.33. The maximum absolute atomic E-state index is 13.4. The Morgan fingerprint density at radius 1 is 1.23 bits per heavy atom. The second kappa shape index (κ2) is 10.1. The van der Waals surface area contributed by atoms with E-state index in [9.17, 15) is 22.8 Å². The van der Waals surface area contributed by atoms with Crippen LogP contribution in [0.3, 0.4) is 0 Å². The summed E-state index contributed by atoms with van der Waals surface area (Å²) in [7, 11) is 0. The zero-order chi connectivity index (χ0) is 25.2. The number of benzene rings is 2. The molecule has 0 aliphatic carbocycles. The number of aryl methyl sites for hydroxylation is 1. The van der Waals surface area contributed by atoms with Crippen molar-refractivity contribution in [3.8, 4) is 11.1 Å². The van der Waals surface area contributed by atoms with Gasteiger partial charge in [0.25, 0.3) is 5.56 Å². The van der Waals surface area contributed by atoms with E-state index in [1.165, 1.54) is 28.0 Å². The number of thiophene rings is 1. The van der Waals surface area contributed by atoms with E-state index in [2.05, 4.69) is 16.9 Å². The number of hydrogen-bond acceptors (Lipinski definition) is 5. The number of hydrogen-bond donors (Lipinski definition) is 1. The van der Waals surface area contributed by atoms with Crippen molar-refractivity contribution < 1.29 is 18.0 Å². The third-order valence-corrected chi connectivity index (χ3v) is 6.99. The zero-order valence-electron chi connectivity index (χ0n) is 18.6. The lowest BCUT2D eigenvalue weighted by molar-refractivity contribution is -0.137. The highest BCUT2D eigenvalue weighted by Gasteiger charge is 2.30. The van der Waals surface area contributed by atoms with E-state index < -0.39 is 17.6 Å². The van der Waals surface area contributed by atoms with Crippen LogP contribution in [0.5, 0.6) is 0 Å². The van der Waals surface area contributed by atoms with Gasteiger partial charge in [-0.3, -0.25) is 14.2 Å². The average molecular weight is 516 g/mol. The van der Waals surface area contributed by atoms with Gasteiger partial charge in [-0.05, 0) is 30.7 Å². The molecule has 0 saturated heterocycles. The van der Waals surface area contributed by atoms with Crippen LogP contribution in [0.4, 0.5) is 18.9 Å². The van der Waals surface area contributed by atoms with Crippen molar-refractivity contribution in [1.82, 2.24) is 9.55 Å². The van der Waals surface area contributed by atoms with E-state index in [0.717, 1.165) is 40.6 Å². The first kappa shape index (κ1) is 24.7. The van der Waals surface area contributed by atoms with Crippen LogP contribution in [0.25, 0.3) is 21.3 Å². The smallest absolute Gasteiger partial charge is 0.325 e. The number of halogens is 3. The molecule has 0 saturated carbocycles. The fourth-order valence-electron chi connectivity index (χ4n) is 3.45. The molecule has 4 aromatic rings.